The number of hydrogen-bond acceptors (Lipinski definition) is 4. The molecule has 0 aliphatic rings. The second-order valence-corrected chi connectivity index (χ2v) is 5.50. The summed E-state index contributed by atoms with van der Waals surface area (Å²) >= 11 is 5.00. The molecule has 5 heteroatoms. The van der Waals surface area contributed by atoms with E-state index in [2.05, 4.69) is 27.0 Å². The summed E-state index contributed by atoms with van der Waals surface area (Å²) in [5.74, 6) is 0. The van der Waals surface area contributed by atoms with Gasteiger partial charge in [0.25, 0.3) is 0 Å². The van der Waals surface area contributed by atoms with Gasteiger partial charge < -0.3 is 5.73 Å². The van der Waals surface area contributed by atoms with Crippen molar-refractivity contribution in [3.8, 4) is 6.07 Å². The number of nitrogens with zero attached hydrogens (tertiary/aromatic N) is 2. The molecule has 1 aromatic carbocycles. The predicted octanol–water partition coefficient (Wildman–Crippen LogP) is 3.64. The summed E-state index contributed by atoms with van der Waals surface area (Å²) in [5.41, 5.74) is 7.32. The van der Waals surface area contributed by atoms with Crippen LogP contribution in [0.15, 0.2) is 50.9 Å². The fourth-order valence-electron chi connectivity index (χ4n) is 1.44. The zero-order chi connectivity index (χ0) is 13.0. The molecule has 0 aliphatic carbocycles. The van der Waals surface area contributed by atoms with Crippen molar-refractivity contribution < 1.29 is 0 Å². The first-order valence-electron chi connectivity index (χ1n) is 5.24. The number of rotatable bonds is 3. The van der Waals surface area contributed by atoms with E-state index >= 15 is 0 Å². The third-order valence-electron chi connectivity index (χ3n) is 2.32. The molecule has 2 N–H and O–H groups in total. The Kier molecular flexibility index (Phi) is 4.24. The van der Waals surface area contributed by atoms with Gasteiger partial charge in [-0.2, -0.15) is 5.26 Å². The van der Waals surface area contributed by atoms with Crippen LogP contribution in [0.25, 0.3) is 0 Å². The van der Waals surface area contributed by atoms with E-state index in [0.29, 0.717) is 12.1 Å². The number of anilines is 1. The van der Waals surface area contributed by atoms with Crippen molar-refractivity contribution in [1.29, 1.82) is 5.26 Å². The number of nitrogens with two attached hydrogens (primary N) is 1. The number of nitriles is 1. The fourth-order valence-corrected chi connectivity index (χ4v) is 2.78. The second-order valence-electron chi connectivity index (χ2n) is 3.59. The molecule has 90 valence electrons. The lowest BCUT2D eigenvalue weighted by molar-refractivity contribution is 1.11. The Hall–Kier alpha value is -1.51. The minimum Gasteiger partial charge on any atom is -0.398 e. The van der Waals surface area contributed by atoms with Crippen LogP contribution in [0.2, 0.25) is 0 Å². The smallest absolute Gasteiger partial charge is 0.115 e. The molecule has 0 unspecified atom stereocenters. The lowest BCUT2D eigenvalue weighted by Gasteiger charge is -2.06. The van der Waals surface area contributed by atoms with Gasteiger partial charge in [0.15, 0.2) is 0 Å². The summed E-state index contributed by atoms with van der Waals surface area (Å²) in [6, 6.07) is 11.6. The fraction of sp³-hybridized carbons (Fsp3) is 0.0769. The highest BCUT2D eigenvalue weighted by molar-refractivity contribution is 9.10. The number of hydrogen-bond donors (Lipinski definition) is 1. The van der Waals surface area contributed by atoms with E-state index in [9.17, 15) is 0 Å². The normalized spacial score (nSPS) is 10.0. The predicted molar refractivity (Wildman–Crippen MR) is 76.2 cm³/mol. The van der Waals surface area contributed by atoms with Crippen molar-refractivity contribution in [1.82, 2.24) is 4.98 Å². The molecule has 1 heterocycles. The van der Waals surface area contributed by atoms with Gasteiger partial charge in [0.2, 0.25) is 0 Å². The Balaban J connectivity index is 2.28. The molecule has 2 aromatic rings. The quantitative estimate of drug-likeness (QED) is 0.877. The van der Waals surface area contributed by atoms with Crippen molar-refractivity contribution in [3.05, 3.63) is 46.6 Å². The largest absolute Gasteiger partial charge is 0.398 e. The van der Waals surface area contributed by atoms with E-state index in [-0.39, 0.29) is 0 Å². The lowest BCUT2D eigenvalue weighted by atomic mass is 10.1. The van der Waals surface area contributed by atoms with Crippen molar-refractivity contribution >= 4 is 33.4 Å². The zero-order valence-corrected chi connectivity index (χ0v) is 11.8. The van der Waals surface area contributed by atoms with Gasteiger partial charge in [-0.15, -0.1) is 0 Å². The number of nitrogen functional groups attached to an aromatic ring is 1. The van der Waals surface area contributed by atoms with Crippen molar-refractivity contribution in [3.63, 3.8) is 0 Å². The maximum absolute atomic E-state index is 8.74. The lowest BCUT2D eigenvalue weighted by Crippen LogP contribution is -1.93. The molecule has 0 atom stereocenters. The summed E-state index contributed by atoms with van der Waals surface area (Å²) in [6.45, 7) is 0. The topological polar surface area (TPSA) is 62.7 Å². The zero-order valence-electron chi connectivity index (χ0n) is 9.43. The Morgan fingerprint density at radius 2 is 2.22 bits per heavy atom. The first-order valence-corrected chi connectivity index (χ1v) is 6.85. The van der Waals surface area contributed by atoms with Gasteiger partial charge in [-0.3, -0.25) is 0 Å². The van der Waals surface area contributed by atoms with Gasteiger partial charge in [0.05, 0.1) is 17.0 Å². The van der Waals surface area contributed by atoms with Crippen LogP contribution in [0.1, 0.15) is 5.56 Å². The maximum atomic E-state index is 8.74. The van der Waals surface area contributed by atoms with E-state index in [0.717, 1.165) is 20.0 Å². The van der Waals surface area contributed by atoms with Crippen LogP contribution in [0.5, 0.6) is 0 Å². The van der Waals surface area contributed by atoms with Crippen molar-refractivity contribution in [2.45, 2.75) is 16.3 Å². The molecule has 2 rings (SSSR count). The molecule has 3 nitrogen and oxygen atoms in total. The summed E-state index contributed by atoms with van der Waals surface area (Å²) in [7, 11) is 0. The van der Waals surface area contributed by atoms with Crippen molar-refractivity contribution in [2.24, 2.45) is 0 Å². The van der Waals surface area contributed by atoms with Crippen LogP contribution in [0.3, 0.4) is 0 Å². The number of pyridine rings is 1. The standard InChI is InChI=1S/C13H10BrN3S/c14-11-2-1-7-17-13(11)18-10-3-4-12(16)9(8-10)5-6-15/h1-4,7-8H,5,16H2. The Morgan fingerprint density at radius 1 is 1.39 bits per heavy atom. The highest BCUT2D eigenvalue weighted by atomic mass is 79.9. The Labute approximate surface area is 118 Å². The SMILES string of the molecule is N#CCc1cc(Sc2ncccc2Br)ccc1N. The first kappa shape index (κ1) is 12.9. The molecule has 0 spiro atoms. The van der Waals surface area contributed by atoms with E-state index in [1.807, 2.05) is 30.3 Å². The van der Waals surface area contributed by atoms with Gasteiger partial charge in [-0.25, -0.2) is 4.98 Å². The van der Waals surface area contributed by atoms with E-state index < -0.39 is 0 Å². The van der Waals surface area contributed by atoms with Gasteiger partial charge in [-0.05, 0) is 51.8 Å². The van der Waals surface area contributed by atoms with Crippen LogP contribution < -0.4 is 5.73 Å². The van der Waals surface area contributed by atoms with Gasteiger partial charge >= 0.3 is 0 Å². The van der Waals surface area contributed by atoms with E-state index in [1.54, 1.807) is 6.20 Å². The van der Waals surface area contributed by atoms with Crippen LogP contribution in [0, 0.1) is 11.3 Å². The molecule has 1 aromatic heterocycles. The molecule has 0 bridgehead atoms. The molecule has 0 saturated carbocycles. The molecular formula is C13H10BrN3S. The third kappa shape index (κ3) is 3.03. The molecule has 0 saturated heterocycles. The molecule has 0 fully saturated rings. The highest BCUT2D eigenvalue weighted by Crippen LogP contribution is 2.32. The minimum atomic E-state index is 0.323. The first-order chi connectivity index (χ1) is 8.70. The van der Waals surface area contributed by atoms with Gasteiger partial charge in [0.1, 0.15) is 5.03 Å². The monoisotopic (exact) mass is 319 g/mol. The van der Waals surface area contributed by atoms with Crippen molar-refractivity contribution in [2.75, 3.05) is 5.73 Å². The average molecular weight is 320 g/mol. The van der Waals surface area contributed by atoms with Gasteiger partial charge in [0, 0.05) is 16.8 Å². The highest BCUT2D eigenvalue weighted by Gasteiger charge is 2.06. The minimum absolute atomic E-state index is 0.323. The molecule has 0 aliphatic heterocycles. The van der Waals surface area contributed by atoms with Crippen LogP contribution in [-0.4, -0.2) is 4.98 Å². The summed E-state index contributed by atoms with van der Waals surface area (Å²) in [5, 5.41) is 9.63. The molecule has 18 heavy (non-hydrogen) atoms. The number of halogens is 1. The summed E-state index contributed by atoms with van der Waals surface area (Å²) in [6.07, 6.45) is 2.07. The van der Waals surface area contributed by atoms with Crippen LogP contribution >= 0.6 is 27.7 Å². The van der Waals surface area contributed by atoms with E-state index in [1.165, 1.54) is 11.8 Å². The molecule has 0 radical (unpaired) electrons. The van der Waals surface area contributed by atoms with Crippen LogP contribution in [-0.2, 0) is 6.42 Å². The van der Waals surface area contributed by atoms with Gasteiger partial charge in [-0.1, -0.05) is 11.8 Å². The summed E-state index contributed by atoms with van der Waals surface area (Å²) < 4.78 is 0.952. The summed E-state index contributed by atoms with van der Waals surface area (Å²) in [4.78, 5) is 5.31. The number of aromatic nitrogens is 1. The van der Waals surface area contributed by atoms with Crippen LogP contribution in [0.4, 0.5) is 5.69 Å². The average Bonchev–Trinajstić information content (AvgIpc) is 2.36. The Morgan fingerprint density at radius 3 is 2.94 bits per heavy atom. The Bertz CT molecular complexity index is 607. The number of benzene rings is 1. The second kappa shape index (κ2) is 5.89. The molecule has 0 amide bonds. The third-order valence-corrected chi connectivity index (χ3v) is 4.23. The maximum Gasteiger partial charge on any atom is 0.115 e. The van der Waals surface area contributed by atoms with E-state index in [4.69, 9.17) is 11.0 Å². The molecular weight excluding hydrogens is 310 g/mol.